The van der Waals surface area contributed by atoms with Crippen molar-refractivity contribution in [1.82, 2.24) is 24.5 Å². The molecule has 8 rings (SSSR count). The number of rotatable bonds is 9. The van der Waals surface area contributed by atoms with Crippen LogP contribution in [0.1, 0.15) is 83.6 Å². The van der Waals surface area contributed by atoms with Gasteiger partial charge < -0.3 is 9.64 Å². The second-order valence-electron chi connectivity index (χ2n) is 16.2. The average Bonchev–Trinajstić information content (AvgIpc) is 3.71. The summed E-state index contributed by atoms with van der Waals surface area (Å²) in [7, 11) is -2.04. The van der Waals surface area contributed by atoms with Gasteiger partial charge in [0.05, 0.1) is 28.3 Å². The molecule has 2 fully saturated rings. The molecule has 2 aliphatic carbocycles. The number of thiazole rings is 1. The normalized spacial score (nSPS) is 23.7. The molecule has 1 aliphatic heterocycles. The number of methoxy groups -OCH3 is 1. The highest BCUT2D eigenvalue weighted by atomic mass is 32.2. The molecule has 55 heavy (non-hydrogen) atoms. The van der Waals surface area contributed by atoms with E-state index in [2.05, 4.69) is 28.9 Å². The lowest BCUT2D eigenvalue weighted by molar-refractivity contribution is -0.146. The van der Waals surface area contributed by atoms with E-state index in [4.69, 9.17) is 14.8 Å². The quantitative estimate of drug-likeness (QED) is 0.162. The third-order valence-electron chi connectivity index (χ3n) is 11.7. The molecule has 4 heterocycles. The van der Waals surface area contributed by atoms with E-state index in [9.17, 15) is 18.0 Å². The number of sulfonamides is 1. The third kappa shape index (κ3) is 7.39. The molecule has 2 aromatic carbocycles. The Bertz CT molecular complexity index is 2380. The molecule has 3 aromatic heterocycles. The van der Waals surface area contributed by atoms with Gasteiger partial charge in [-0.3, -0.25) is 19.6 Å². The molecule has 2 bridgehead atoms. The van der Waals surface area contributed by atoms with E-state index in [1.54, 1.807) is 6.20 Å². The van der Waals surface area contributed by atoms with Crippen molar-refractivity contribution in [3.63, 3.8) is 0 Å². The average molecular weight is 782 g/mol. The van der Waals surface area contributed by atoms with Gasteiger partial charge in [-0.25, -0.2) is 23.1 Å². The van der Waals surface area contributed by atoms with Crippen LogP contribution in [-0.2, 0) is 34.3 Å². The maximum absolute atomic E-state index is 13.7. The van der Waals surface area contributed by atoms with Gasteiger partial charge in [-0.05, 0) is 104 Å². The molecular weight excluding hydrogens is 735 g/mol. The van der Waals surface area contributed by atoms with E-state index in [1.807, 2.05) is 78.2 Å². The number of amides is 2. The number of carbonyl (C=O) groups is 2. The predicted molar refractivity (Wildman–Crippen MR) is 215 cm³/mol. The van der Waals surface area contributed by atoms with Crippen molar-refractivity contribution < 1.29 is 22.7 Å². The van der Waals surface area contributed by atoms with Gasteiger partial charge in [-0.15, -0.1) is 0 Å². The fraction of sp³-hybridized carbons (Fsp3) is 0.439. The number of ether oxygens (including phenoxy) is 1. The fourth-order valence-corrected chi connectivity index (χ4v) is 11.2. The van der Waals surface area contributed by atoms with Crippen LogP contribution in [-0.4, -0.2) is 65.5 Å². The summed E-state index contributed by atoms with van der Waals surface area (Å²) >= 11 is 1.42. The van der Waals surface area contributed by atoms with Crippen molar-refractivity contribution in [2.75, 3.05) is 30.1 Å². The van der Waals surface area contributed by atoms with Crippen molar-refractivity contribution in [2.24, 2.45) is 17.3 Å². The van der Waals surface area contributed by atoms with E-state index >= 15 is 0 Å². The minimum Gasteiger partial charge on any atom is -0.378 e. The van der Waals surface area contributed by atoms with Gasteiger partial charge in [-0.1, -0.05) is 49.4 Å². The van der Waals surface area contributed by atoms with E-state index in [1.165, 1.54) is 11.3 Å². The fourth-order valence-electron chi connectivity index (χ4n) is 9.95. The summed E-state index contributed by atoms with van der Waals surface area (Å²) in [5.74, 6) is 0.502. The number of pyridine rings is 1. The zero-order chi connectivity index (χ0) is 38.7. The van der Waals surface area contributed by atoms with E-state index in [0.29, 0.717) is 53.4 Å². The number of anilines is 2. The Labute approximate surface area is 325 Å². The number of nitrogens with one attached hydrogen (secondary N) is 2. The molecule has 3 aliphatic rings. The van der Waals surface area contributed by atoms with Crippen LogP contribution in [0.15, 0.2) is 60.8 Å². The van der Waals surface area contributed by atoms with Crippen LogP contribution in [0.25, 0.3) is 21.3 Å². The van der Waals surface area contributed by atoms with Gasteiger partial charge in [0.25, 0.3) is 11.8 Å². The summed E-state index contributed by atoms with van der Waals surface area (Å²) in [6, 6.07) is 17.2. The molecule has 5 aromatic rings. The van der Waals surface area contributed by atoms with Gasteiger partial charge in [0.15, 0.2) is 5.13 Å². The minimum atomic E-state index is -3.89. The molecular formula is C41H47N7O5S2. The van der Waals surface area contributed by atoms with Crippen molar-refractivity contribution >= 4 is 54.3 Å². The molecule has 14 heteroatoms. The van der Waals surface area contributed by atoms with Crippen molar-refractivity contribution in [3.8, 4) is 11.1 Å². The van der Waals surface area contributed by atoms with Crippen LogP contribution >= 0.6 is 11.3 Å². The van der Waals surface area contributed by atoms with Crippen molar-refractivity contribution in [3.05, 3.63) is 88.9 Å². The van der Waals surface area contributed by atoms with Crippen LogP contribution in [0.3, 0.4) is 0 Å². The Morgan fingerprint density at radius 1 is 0.964 bits per heavy atom. The van der Waals surface area contributed by atoms with Crippen LogP contribution < -0.4 is 14.9 Å². The smallest absolute Gasteiger partial charge is 0.284 e. The molecule has 2 N–H and O–H groups in total. The first-order valence-corrected chi connectivity index (χ1v) is 21.6. The van der Waals surface area contributed by atoms with Crippen LogP contribution in [0.2, 0.25) is 0 Å². The first kappa shape index (κ1) is 37.3. The molecule has 2 amide bonds. The Balaban J connectivity index is 1.09. The Morgan fingerprint density at radius 3 is 2.45 bits per heavy atom. The highest BCUT2D eigenvalue weighted by Gasteiger charge is 2.52. The Morgan fingerprint density at radius 2 is 1.73 bits per heavy atom. The summed E-state index contributed by atoms with van der Waals surface area (Å²) in [5.41, 5.74) is 5.30. The maximum Gasteiger partial charge on any atom is 0.284 e. The van der Waals surface area contributed by atoms with E-state index < -0.39 is 15.9 Å². The number of aromatic nitrogens is 4. The number of carbonyl (C=O) groups excluding carboxylic acids is 2. The van der Waals surface area contributed by atoms with Gasteiger partial charge in [0.1, 0.15) is 11.5 Å². The SMILES string of the molecule is COC12CC(C)CC(Cn3ncc(-c4ccc(N5CCc6cccc(C(=O)Nc7nc8ccccc8s7)c6C5)nc4C(=O)NS(C)(=O)=O)c3C)(CC(C)C1)C2. The lowest BCUT2D eigenvalue weighted by Crippen LogP contribution is -2.52. The predicted octanol–water partition coefficient (Wildman–Crippen LogP) is 6.99. The molecule has 2 atom stereocenters. The van der Waals surface area contributed by atoms with Crippen molar-refractivity contribution in [2.45, 2.75) is 78.0 Å². The van der Waals surface area contributed by atoms with E-state index in [-0.39, 0.29) is 22.6 Å². The second kappa shape index (κ2) is 14.1. The molecule has 2 unspecified atom stereocenters. The zero-order valence-corrected chi connectivity index (χ0v) is 33.5. The molecule has 0 spiro atoms. The standard InChI is InChI=1S/C41H47N7O5S2/c1-25-17-40(18-26(2)20-41(19-25,23-40)53-4)24-48-27(3)31(21-42-48)29-13-14-35(44-36(29)38(50)46-55(5,51)52)47-16-15-28-9-8-10-30(32(28)22-47)37(49)45-39-43-33-11-6-7-12-34(33)54-39/h6-14,21,25-26H,15-20,22-24H2,1-5H3,(H,46,50)(H,43,45,49). The third-order valence-corrected chi connectivity index (χ3v) is 13.3. The lowest BCUT2D eigenvalue weighted by Gasteiger charge is -2.55. The first-order chi connectivity index (χ1) is 26.2. The van der Waals surface area contributed by atoms with Gasteiger partial charge in [0.2, 0.25) is 10.0 Å². The zero-order valence-electron chi connectivity index (χ0n) is 31.9. The lowest BCUT2D eigenvalue weighted by atomic mass is 9.54. The number of benzene rings is 2. The topological polar surface area (TPSA) is 148 Å². The Kier molecular flexibility index (Phi) is 9.57. The number of nitrogens with zero attached hydrogens (tertiary/aromatic N) is 5. The van der Waals surface area contributed by atoms with Gasteiger partial charge >= 0.3 is 0 Å². The monoisotopic (exact) mass is 781 g/mol. The van der Waals surface area contributed by atoms with Gasteiger partial charge in [0, 0.05) is 49.1 Å². The van der Waals surface area contributed by atoms with Crippen LogP contribution in [0.4, 0.5) is 10.9 Å². The highest BCUT2D eigenvalue weighted by Crippen LogP contribution is 2.56. The number of fused-ring (bicyclic) bond motifs is 4. The summed E-state index contributed by atoms with van der Waals surface area (Å²) < 4.78 is 36.0. The van der Waals surface area contributed by atoms with Crippen LogP contribution in [0.5, 0.6) is 0 Å². The van der Waals surface area contributed by atoms with Gasteiger partial charge in [-0.2, -0.15) is 5.10 Å². The Hall–Kier alpha value is -4.66. The molecule has 0 radical (unpaired) electrons. The number of para-hydroxylation sites is 1. The molecule has 0 saturated heterocycles. The van der Waals surface area contributed by atoms with E-state index in [0.717, 1.165) is 77.5 Å². The molecule has 2 saturated carbocycles. The number of hydrogen-bond acceptors (Lipinski definition) is 10. The largest absolute Gasteiger partial charge is 0.378 e. The molecule has 288 valence electrons. The van der Waals surface area contributed by atoms with Crippen LogP contribution in [0, 0.1) is 24.2 Å². The molecule has 12 nitrogen and oxygen atoms in total. The minimum absolute atomic E-state index is 0.00706. The summed E-state index contributed by atoms with van der Waals surface area (Å²) in [4.78, 5) is 38.8. The maximum atomic E-state index is 13.7. The second-order valence-corrected chi connectivity index (χ2v) is 19.0. The van der Waals surface area contributed by atoms with Crippen molar-refractivity contribution in [1.29, 1.82) is 0 Å². The number of hydrogen-bond donors (Lipinski definition) is 2. The highest BCUT2D eigenvalue weighted by molar-refractivity contribution is 7.89. The summed E-state index contributed by atoms with van der Waals surface area (Å²) in [6.07, 6.45) is 8.68. The summed E-state index contributed by atoms with van der Waals surface area (Å²) in [6.45, 7) is 8.33. The summed E-state index contributed by atoms with van der Waals surface area (Å²) in [5, 5.41) is 8.37. The first-order valence-electron chi connectivity index (χ1n) is 18.9.